The first-order chi connectivity index (χ1) is 7.17. The lowest BCUT2D eigenvalue weighted by Crippen LogP contribution is -2.26. The Hall–Kier alpha value is -1.06. The van der Waals surface area contributed by atoms with Gasteiger partial charge in [0.05, 0.1) is 6.61 Å². The minimum atomic E-state index is 0.0908. The Morgan fingerprint density at radius 1 is 1.40 bits per heavy atom. The molecule has 0 saturated carbocycles. The molecule has 1 fully saturated rings. The molecule has 0 amide bonds. The van der Waals surface area contributed by atoms with Gasteiger partial charge in [-0.05, 0) is 29.5 Å². The summed E-state index contributed by atoms with van der Waals surface area (Å²) in [6.45, 7) is 5.34. The van der Waals surface area contributed by atoms with Crippen LogP contribution in [0.2, 0.25) is 0 Å². The summed E-state index contributed by atoms with van der Waals surface area (Å²) < 4.78 is 5.65. The summed E-state index contributed by atoms with van der Waals surface area (Å²) >= 11 is 0. The number of hydroxylamine groups is 1. The molecule has 0 spiro atoms. The van der Waals surface area contributed by atoms with Crippen LogP contribution in [0.25, 0.3) is 0 Å². The molecule has 0 aliphatic carbocycles. The highest BCUT2D eigenvalue weighted by Crippen LogP contribution is 2.40. The van der Waals surface area contributed by atoms with Crippen molar-refractivity contribution in [1.29, 1.82) is 0 Å². The van der Waals surface area contributed by atoms with Crippen molar-refractivity contribution in [3.63, 3.8) is 0 Å². The van der Waals surface area contributed by atoms with E-state index in [0.717, 1.165) is 18.8 Å². The summed E-state index contributed by atoms with van der Waals surface area (Å²) in [7, 11) is 0. The smallest absolute Gasteiger partial charge is 0.176 e. The predicted molar refractivity (Wildman–Crippen MR) is 56.5 cm³/mol. The largest absolute Gasteiger partial charge is 0.493 e. The molecule has 80 valence electrons. The number of benzene rings is 1. The van der Waals surface area contributed by atoms with Crippen molar-refractivity contribution < 1.29 is 9.57 Å². The fraction of sp³-hybridized carbons (Fsp3) is 0.500. The van der Waals surface area contributed by atoms with Crippen LogP contribution in [0.5, 0.6) is 5.75 Å². The molecule has 0 aromatic heterocycles. The summed E-state index contributed by atoms with van der Waals surface area (Å²) in [5.41, 5.74) is 5.53. The van der Waals surface area contributed by atoms with Crippen LogP contribution in [0, 0.1) is 0 Å². The van der Waals surface area contributed by atoms with Gasteiger partial charge in [-0.15, -0.1) is 0 Å². The van der Waals surface area contributed by atoms with Crippen LogP contribution < -0.4 is 10.2 Å². The van der Waals surface area contributed by atoms with Crippen LogP contribution in [-0.4, -0.2) is 6.61 Å². The lowest BCUT2D eigenvalue weighted by atomic mass is 9.79. The van der Waals surface area contributed by atoms with Crippen molar-refractivity contribution in [1.82, 2.24) is 5.48 Å². The van der Waals surface area contributed by atoms with Crippen LogP contribution in [0.4, 0.5) is 0 Å². The average molecular weight is 205 g/mol. The maximum atomic E-state index is 5.65. The van der Waals surface area contributed by atoms with Gasteiger partial charge in [0.25, 0.3) is 0 Å². The topological polar surface area (TPSA) is 43.7 Å². The maximum absolute atomic E-state index is 5.65. The van der Waals surface area contributed by atoms with Gasteiger partial charge in [0.15, 0.2) is 6.23 Å². The molecule has 0 radical (unpaired) electrons. The highest BCUT2D eigenvalue weighted by molar-refractivity contribution is 5.44. The normalized spacial score (nSPS) is 26.7. The molecule has 1 saturated heterocycles. The van der Waals surface area contributed by atoms with Crippen LogP contribution in [0.3, 0.4) is 0 Å². The van der Waals surface area contributed by atoms with Gasteiger partial charge in [-0.1, -0.05) is 19.9 Å². The minimum absolute atomic E-state index is 0.0908. The first-order valence-corrected chi connectivity index (χ1v) is 5.35. The Bertz CT molecular complexity index is 397. The summed E-state index contributed by atoms with van der Waals surface area (Å²) in [6, 6.07) is 6.30. The SMILES string of the molecule is CC1(C)CCOc2ccc(C3NO3)cc21. The summed E-state index contributed by atoms with van der Waals surface area (Å²) in [5, 5.41) is 0. The average Bonchev–Trinajstić information content (AvgIpc) is 3.00. The second-order valence-electron chi connectivity index (χ2n) is 4.85. The molecule has 2 aliphatic rings. The van der Waals surface area contributed by atoms with Crippen LogP contribution in [-0.2, 0) is 10.3 Å². The lowest BCUT2D eigenvalue weighted by Gasteiger charge is -2.32. The molecule has 1 unspecified atom stereocenters. The molecule has 3 nitrogen and oxygen atoms in total. The zero-order valence-electron chi connectivity index (χ0n) is 9.04. The van der Waals surface area contributed by atoms with Gasteiger partial charge < -0.3 is 4.74 Å². The standard InChI is InChI=1S/C12H15NO2/c1-12(2)5-6-14-10-4-3-8(7-9(10)12)11-13-15-11/h3-4,7,11,13H,5-6H2,1-2H3. The van der Waals surface area contributed by atoms with Crippen LogP contribution in [0.1, 0.15) is 37.6 Å². The highest BCUT2D eigenvalue weighted by atomic mass is 16.8. The van der Waals surface area contributed by atoms with Gasteiger partial charge >= 0.3 is 0 Å². The zero-order valence-corrected chi connectivity index (χ0v) is 9.04. The summed E-state index contributed by atoms with van der Waals surface area (Å²) in [4.78, 5) is 5.06. The van der Waals surface area contributed by atoms with Crippen molar-refractivity contribution in [3.8, 4) is 5.75 Å². The minimum Gasteiger partial charge on any atom is -0.493 e. The predicted octanol–water partition coefficient (Wildman–Crippen LogP) is 2.28. The van der Waals surface area contributed by atoms with Crippen molar-refractivity contribution >= 4 is 0 Å². The first kappa shape index (κ1) is 9.19. The van der Waals surface area contributed by atoms with Gasteiger partial charge in [-0.2, -0.15) is 5.48 Å². The first-order valence-electron chi connectivity index (χ1n) is 5.35. The third kappa shape index (κ3) is 1.52. The van der Waals surface area contributed by atoms with Crippen molar-refractivity contribution in [2.75, 3.05) is 6.61 Å². The Labute approximate surface area is 89.3 Å². The molecule has 0 bridgehead atoms. The third-order valence-electron chi connectivity index (χ3n) is 3.26. The van der Waals surface area contributed by atoms with Crippen LogP contribution in [0.15, 0.2) is 18.2 Å². The molecular weight excluding hydrogens is 190 g/mol. The van der Waals surface area contributed by atoms with E-state index in [1.54, 1.807) is 0 Å². The fourth-order valence-corrected chi connectivity index (χ4v) is 2.09. The van der Waals surface area contributed by atoms with E-state index >= 15 is 0 Å². The second-order valence-corrected chi connectivity index (χ2v) is 4.85. The van der Waals surface area contributed by atoms with Gasteiger partial charge in [0, 0.05) is 5.56 Å². The summed E-state index contributed by atoms with van der Waals surface area (Å²) in [5.74, 6) is 1.02. The Morgan fingerprint density at radius 2 is 2.20 bits per heavy atom. The fourth-order valence-electron chi connectivity index (χ4n) is 2.09. The van der Waals surface area contributed by atoms with Gasteiger partial charge in [-0.3, -0.25) is 4.84 Å². The number of hydrogen-bond donors (Lipinski definition) is 1. The highest BCUT2D eigenvalue weighted by Gasteiger charge is 2.31. The molecule has 3 heteroatoms. The van der Waals surface area contributed by atoms with Crippen molar-refractivity contribution in [2.24, 2.45) is 0 Å². The molecule has 15 heavy (non-hydrogen) atoms. The van der Waals surface area contributed by atoms with E-state index in [1.807, 2.05) is 0 Å². The maximum Gasteiger partial charge on any atom is 0.176 e. The molecule has 3 rings (SSSR count). The van der Waals surface area contributed by atoms with Crippen LogP contribution >= 0.6 is 0 Å². The van der Waals surface area contributed by atoms with Gasteiger partial charge in [0.2, 0.25) is 0 Å². The molecule has 2 heterocycles. The molecule has 1 N–H and O–H groups in total. The molecule has 2 aliphatic heterocycles. The number of hydrogen-bond acceptors (Lipinski definition) is 3. The Balaban J connectivity index is 2.07. The second kappa shape index (κ2) is 2.97. The van der Waals surface area contributed by atoms with Gasteiger partial charge in [-0.25, -0.2) is 0 Å². The molecular formula is C12H15NO2. The van der Waals surface area contributed by atoms with E-state index in [4.69, 9.17) is 9.57 Å². The third-order valence-corrected chi connectivity index (χ3v) is 3.26. The van der Waals surface area contributed by atoms with Crippen molar-refractivity contribution in [2.45, 2.75) is 31.9 Å². The Kier molecular flexibility index (Phi) is 1.82. The monoisotopic (exact) mass is 205 g/mol. The lowest BCUT2D eigenvalue weighted by molar-refractivity contribution is 0.233. The zero-order chi connectivity index (χ0) is 10.5. The summed E-state index contributed by atoms with van der Waals surface area (Å²) in [6.07, 6.45) is 1.16. The number of fused-ring (bicyclic) bond motifs is 1. The number of rotatable bonds is 1. The van der Waals surface area contributed by atoms with E-state index in [1.165, 1.54) is 11.1 Å². The quantitative estimate of drug-likeness (QED) is 0.715. The Morgan fingerprint density at radius 3 is 2.93 bits per heavy atom. The van der Waals surface area contributed by atoms with E-state index in [9.17, 15) is 0 Å². The van der Waals surface area contributed by atoms with E-state index < -0.39 is 0 Å². The molecule has 1 aromatic carbocycles. The number of ether oxygens (including phenoxy) is 1. The van der Waals surface area contributed by atoms with Crippen molar-refractivity contribution in [3.05, 3.63) is 29.3 Å². The van der Waals surface area contributed by atoms with E-state index in [0.29, 0.717) is 0 Å². The molecule has 1 atom stereocenters. The van der Waals surface area contributed by atoms with E-state index in [-0.39, 0.29) is 11.6 Å². The number of nitrogens with one attached hydrogen (secondary N) is 1. The van der Waals surface area contributed by atoms with Gasteiger partial charge in [0.1, 0.15) is 5.75 Å². The van der Waals surface area contributed by atoms with E-state index in [2.05, 4.69) is 37.5 Å². The molecule has 1 aromatic rings.